The number of halogens is 2. The van der Waals surface area contributed by atoms with Crippen LogP contribution in [0.1, 0.15) is 5.56 Å². The molecule has 8 heteroatoms. The van der Waals surface area contributed by atoms with Crippen LogP contribution in [-0.4, -0.2) is 32.2 Å². The molecule has 0 saturated carbocycles. The minimum absolute atomic E-state index is 0.0410. The number of benzene rings is 2. The number of rotatable bonds is 6. The number of amides is 1. The van der Waals surface area contributed by atoms with Gasteiger partial charge in [0, 0.05) is 23.6 Å². The lowest BCUT2D eigenvalue weighted by molar-refractivity contribution is -0.120. The predicted molar refractivity (Wildman–Crippen MR) is 94.6 cm³/mol. The Kier molecular flexibility index (Phi) is 6.23. The first-order valence-electron chi connectivity index (χ1n) is 7.04. The topological polar surface area (TPSA) is 66.5 Å². The molecule has 0 aliphatic rings. The van der Waals surface area contributed by atoms with E-state index in [0.29, 0.717) is 15.6 Å². The molecule has 0 heterocycles. The number of nitrogens with one attached hydrogen (secondary N) is 1. The van der Waals surface area contributed by atoms with E-state index in [1.54, 1.807) is 30.3 Å². The van der Waals surface area contributed by atoms with Gasteiger partial charge in [-0.25, -0.2) is 8.42 Å². The summed E-state index contributed by atoms with van der Waals surface area (Å²) in [6, 6.07) is 12.7. The smallest absolute Gasteiger partial charge is 0.243 e. The average molecular weight is 387 g/mol. The fraction of sp³-hybridized carbons (Fsp3) is 0.188. The lowest BCUT2D eigenvalue weighted by Crippen LogP contribution is -2.39. The quantitative estimate of drug-likeness (QED) is 0.829. The van der Waals surface area contributed by atoms with Gasteiger partial charge in [0.25, 0.3) is 0 Å². The van der Waals surface area contributed by atoms with Crippen molar-refractivity contribution < 1.29 is 13.2 Å². The number of carbonyl (C=O) groups excluding carboxylic acids is 1. The maximum Gasteiger partial charge on any atom is 0.243 e. The number of sulfonamides is 1. The maximum absolute atomic E-state index is 12.8. The number of nitrogens with zero attached hydrogens (tertiary/aromatic N) is 1. The summed E-state index contributed by atoms with van der Waals surface area (Å²) >= 11 is 12.0. The van der Waals surface area contributed by atoms with E-state index in [2.05, 4.69) is 5.32 Å². The van der Waals surface area contributed by atoms with Gasteiger partial charge >= 0.3 is 0 Å². The third-order valence-electron chi connectivity index (χ3n) is 3.34. The Morgan fingerprint density at radius 1 is 1.12 bits per heavy atom. The molecule has 0 spiro atoms. The zero-order valence-electron chi connectivity index (χ0n) is 12.9. The summed E-state index contributed by atoms with van der Waals surface area (Å²) in [5.74, 6) is -0.417. The van der Waals surface area contributed by atoms with E-state index >= 15 is 0 Å². The van der Waals surface area contributed by atoms with Crippen LogP contribution in [0.15, 0.2) is 53.4 Å². The first kappa shape index (κ1) is 18.7. The van der Waals surface area contributed by atoms with Gasteiger partial charge in [-0.15, -0.1) is 0 Å². The molecule has 0 aliphatic carbocycles. The molecule has 0 atom stereocenters. The van der Waals surface area contributed by atoms with Crippen molar-refractivity contribution in [3.05, 3.63) is 64.1 Å². The van der Waals surface area contributed by atoms with Gasteiger partial charge in [0.1, 0.15) is 0 Å². The third kappa shape index (κ3) is 4.48. The fourth-order valence-corrected chi connectivity index (χ4v) is 3.91. The van der Waals surface area contributed by atoms with Gasteiger partial charge in [-0.2, -0.15) is 4.31 Å². The van der Waals surface area contributed by atoms with Crippen molar-refractivity contribution in [3.63, 3.8) is 0 Å². The molecule has 1 N–H and O–H groups in total. The van der Waals surface area contributed by atoms with Crippen LogP contribution < -0.4 is 5.32 Å². The number of hydrogen-bond donors (Lipinski definition) is 1. The molecule has 0 aliphatic heterocycles. The molecule has 1 amide bonds. The summed E-state index contributed by atoms with van der Waals surface area (Å²) in [5.41, 5.74) is 0.560. The molecule has 24 heavy (non-hydrogen) atoms. The molecule has 0 bridgehead atoms. The lowest BCUT2D eigenvalue weighted by Gasteiger charge is -2.22. The molecule has 2 aromatic rings. The Morgan fingerprint density at radius 3 is 2.38 bits per heavy atom. The summed E-state index contributed by atoms with van der Waals surface area (Å²) in [5, 5.41) is 3.22. The van der Waals surface area contributed by atoms with Gasteiger partial charge in [-0.05, 0) is 29.8 Å². The highest BCUT2D eigenvalue weighted by atomic mass is 35.5. The maximum atomic E-state index is 12.8. The summed E-state index contributed by atoms with van der Waals surface area (Å²) in [4.78, 5) is 11.9. The van der Waals surface area contributed by atoms with Crippen molar-refractivity contribution in [2.75, 3.05) is 13.6 Å². The van der Waals surface area contributed by atoms with Gasteiger partial charge < -0.3 is 5.32 Å². The van der Waals surface area contributed by atoms with Gasteiger partial charge in [-0.3, -0.25) is 4.79 Å². The van der Waals surface area contributed by atoms with Crippen LogP contribution in [0.4, 0.5) is 0 Å². The molecule has 5 nitrogen and oxygen atoms in total. The molecule has 0 saturated heterocycles. The molecular weight excluding hydrogens is 371 g/mol. The van der Waals surface area contributed by atoms with E-state index in [-0.39, 0.29) is 18.0 Å². The van der Waals surface area contributed by atoms with Crippen LogP contribution in [0, 0.1) is 0 Å². The van der Waals surface area contributed by atoms with Gasteiger partial charge in [-0.1, -0.05) is 47.5 Å². The largest absolute Gasteiger partial charge is 0.358 e. The second kappa shape index (κ2) is 7.98. The number of hydrogen-bond acceptors (Lipinski definition) is 3. The second-order valence-electron chi connectivity index (χ2n) is 5.00. The Bertz CT molecular complexity index is 826. The molecule has 0 fully saturated rings. The second-order valence-corrected chi connectivity index (χ2v) is 7.78. The normalized spacial score (nSPS) is 11.5. The van der Waals surface area contributed by atoms with Gasteiger partial charge in [0.05, 0.1) is 11.4 Å². The average Bonchev–Trinajstić information content (AvgIpc) is 2.57. The van der Waals surface area contributed by atoms with Crippen molar-refractivity contribution in [2.45, 2.75) is 11.4 Å². The Labute approximate surface area is 151 Å². The highest BCUT2D eigenvalue weighted by Crippen LogP contribution is 2.25. The summed E-state index contributed by atoms with van der Waals surface area (Å²) in [7, 11) is -2.40. The van der Waals surface area contributed by atoms with Crippen LogP contribution in [0.2, 0.25) is 10.0 Å². The molecule has 128 valence electrons. The van der Waals surface area contributed by atoms with Crippen molar-refractivity contribution >= 4 is 39.1 Å². The number of carbonyl (C=O) groups is 1. The third-order valence-corrected chi connectivity index (χ3v) is 5.73. The Morgan fingerprint density at radius 2 is 1.79 bits per heavy atom. The van der Waals surface area contributed by atoms with Crippen molar-refractivity contribution in [3.8, 4) is 0 Å². The van der Waals surface area contributed by atoms with E-state index in [1.807, 2.05) is 0 Å². The first-order chi connectivity index (χ1) is 11.3. The molecule has 0 unspecified atom stereocenters. The molecule has 2 aromatic carbocycles. The van der Waals surface area contributed by atoms with Crippen LogP contribution >= 0.6 is 23.2 Å². The molecular formula is C16H16Cl2N2O3S. The van der Waals surface area contributed by atoms with Crippen LogP contribution in [0.5, 0.6) is 0 Å². The highest BCUT2D eigenvalue weighted by molar-refractivity contribution is 7.89. The summed E-state index contributed by atoms with van der Waals surface area (Å²) in [6.45, 7) is -0.354. The van der Waals surface area contributed by atoms with Gasteiger partial charge in [0.15, 0.2) is 0 Å². The van der Waals surface area contributed by atoms with E-state index in [9.17, 15) is 13.2 Å². The molecule has 0 radical (unpaired) electrons. The van der Waals surface area contributed by atoms with Crippen LogP contribution in [0.3, 0.4) is 0 Å². The van der Waals surface area contributed by atoms with Gasteiger partial charge in [0.2, 0.25) is 15.9 Å². The standard InChI is InChI=1S/C16H16Cl2N2O3S/c1-19-16(21)11-20(10-12-7-8-13(17)9-15(12)18)24(22,23)14-5-3-2-4-6-14/h2-9H,10-11H2,1H3,(H,19,21). The van der Waals surface area contributed by atoms with E-state index < -0.39 is 15.9 Å². The number of likely N-dealkylation sites (N-methyl/N-ethyl adjacent to an activating group) is 1. The highest BCUT2D eigenvalue weighted by Gasteiger charge is 2.27. The van der Waals surface area contributed by atoms with E-state index in [1.165, 1.54) is 25.2 Å². The Hall–Kier alpha value is -1.60. The monoisotopic (exact) mass is 386 g/mol. The zero-order valence-corrected chi connectivity index (χ0v) is 15.2. The van der Waals surface area contributed by atoms with E-state index in [4.69, 9.17) is 23.2 Å². The van der Waals surface area contributed by atoms with Crippen LogP contribution in [0.25, 0.3) is 0 Å². The first-order valence-corrected chi connectivity index (χ1v) is 9.24. The lowest BCUT2D eigenvalue weighted by atomic mass is 10.2. The predicted octanol–water partition coefficient (Wildman–Crippen LogP) is 2.93. The van der Waals surface area contributed by atoms with Crippen molar-refractivity contribution in [2.24, 2.45) is 0 Å². The molecule has 0 aromatic heterocycles. The Balaban J connectivity index is 2.39. The summed E-state index contributed by atoms with van der Waals surface area (Å²) < 4.78 is 26.8. The zero-order chi connectivity index (χ0) is 17.7. The van der Waals surface area contributed by atoms with Crippen molar-refractivity contribution in [1.82, 2.24) is 9.62 Å². The molecule has 2 rings (SSSR count). The van der Waals surface area contributed by atoms with E-state index in [0.717, 1.165) is 4.31 Å². The minimum atomic E-state index is -3.85. The fourth-order valence-electron chi connectivity index (χ4n) is 2.05. The summed E-state index contributed by atoms with van der Waals surface area (Å²) in [6.07, 6.45) is 0. The van der Waals surface area contributed by atoms with Crippen LogP contribution in [-0.2, 0) is 21.4 Å². The minimum Gasteiger partial charge on any atom is -0.358 e. The van der Waals surface area contributed by atoms with Crippen molar-refractivity contribution in [1.29, 1.82) is 0 Å². The SMILES string of the molecule is CNC(=O)CN(Cc1ccc(Cl)cc1Cl)S(=O)(=O)c1ccccc1.